The van der Waals surface area contributed by atoms with Crippen molar-refractivity contribution < 1.29 is 17.6 Å². The number of hydrogen-bond acceptors (Lipinski definition) is 4. The molecule has 0 spiro atoms. The van der Waals surface area contributed by atoms with Crippen molar-refractivity contribution in [2.45, 2.75) is 4.90 Å². The molecule has 0 radical (unpaired) electrons. The molecular formula is C25H18ClFN2O3S. The van der Waals surface area contributed by atoms with E-state index >= 15 is 0 Å². The van der Waals surface area contributed by atoms with Gasteiger partial charge in [-0.1, -0.05) is 29.8 Å². The van der Waals surface area contributed by atoms with Crippen molar-refractivity contribution in [2.24, 2.45) is 0 Å². The number of pyridine rings is 1. The highest BCUT2D eigenvalue weighted by Gasteiger charge is 2.20. The molecule has 4 aromatic rings. The summed E-state index contributed by atoms with van der Waals surface area (Å²) in [5.74, 6) is -1.15. The van der Waals surface area contributed by atoms with Crippen LogP contribution in [-0.4, -0.2) is 25.6 Å². The number of nitrogens with one attached hydrogen (secondary N) is 1. The van der Waals surface area contributed by atoms with Crippen molar-refractivity contribution in [3.05, 3.63) is 101 Å². The van der Waals surface area contributed by atoms with Crippen LogP contribution in [0.15, 0.2) is 90.0 Å². The third-order valence-electron chi connectivity index (χ3n) is 4.96. The van der Waals surface area contributed by atoms with E-state index in [4.69, 9.17) is 11.6 Å². The Kier molecular flexibility index (Phi) is 6.26. The Morgan fingerprint density at radius 1 is 0.939 bits per heavy atom. The van der Waals surface area contributed by atoms with Gasteiger partial charge in [-0.15, -0.1) is 0 Å². The van der Waals surface area contributed by atoms with Crippen LogP contribution in [0.2, 0.25) is 5.02 Å². The zero-order valence-corrected chi connectivity index (χ0v) is 19.0. The van der Waals surface area contributed by atoms with E-state index in [1.807, 2.05) is 24.3 Å². The molecule has 0 fully saturated rings. The molecule has 1 N–H and O–H groups in total. The number of sulfone groups is 1. The predicted molar refractivity (Wildman–Crippen MR) is 128 cm³/mol. The standard InChI is InChI=1S/C25H18ClFN2O3S/c1-33(31,32)19-9-10-20(21(15-19)22-14-17(26)8-11-23(22)27)25(30)29-18-6-4-5-16(13-18)24-7-2-3-12-28-24/h2-15H,1H3,(H,29,30). The molecule has 0 aliphatic carbocycles. The molecule has 1 heterocycles. The second-order valence-electron chi connectivity index (χ2n) is 7.35. The summed E-state index contributed by atoms with van der Waals surface area (Å²) in [4.78, 5) is 17.5. The van der Waals surface area contributed by atoms with E-state index in [-0.39, 0.29) is 26.6 Å². The molecule has 0 aliphatic rings. The molecule has 0 bridgehead atoms. The van der Waals surface area contributed by atoms with E-state index < -0.39 is 21.6 Å². The van der Waals surface area contributed by atoms with Crippen LogP contribution >= 0.6 is 11.6 Å². The molecule has 1 amide bonds. The Labute approximate surface area is 195 Å². The van der Waals surface area contributed by atoms with E-state index in [1.54, 1.807) is 24.4 Å². The fourth-order valence-corrected chi connectivity index (χ4v) is 4.19. The Morgan fingerprint density at radius 3 is 2.48 bits per heavy atom. The quantitative estimate of drug-likeness (QED) is 0.388. The highest BCUT2D eigenvalue weighted by atomic mass is 35.5. The predicted octanol–water partition coefficient (Wildman–Crippen LogP) is 5.86. The Bertz CT molecular complexity index is 1460. The third-order valence-corrected chi connectivity index (χ3v) is 6.31. The van der Waals surface area contributed by atoms with Gasteiger partial charge in [0.15, 0.2) is 9.84 Å². The lowest BCUT2D eigenvalue weighted by atomic mass is 9.98. The summed E-state index contributed by atoms with van der Waals surface area (Å²) in [5.41, 5.74) is 2.31. The summed E-state index contributed by atoms with van der Waals surface area (Å²) >= 11 is 6.04. The van der Waals surface area contributed by atoms with Crippen LogP contribution in [0, 0.1) is 5.82 Å². The first-order valence-corrected chi connectivity index (χ1v) is 12.1. The first-order chi connectivity index (χ1) is 15.7. The lowest BCUT2D eigenvalue weighted by Crippen LogP contribution is -2.14. The molecule has 4 rings (SSSR count). The molecular weight excluding hydrogens is 463 g/mol. The fraction of sp³-hybridized carbons (Fsp3) is 0.0400. The van der Waals surface area contributed by atoms with Crippen LogP contribution in [0.1, 0.15) is 10.4 Å². The average Bonchev–Trinajstić information content (AvgIpc) is 2.80. The van der Waals surface area contributed by atoms with Gasteiger partial charge in [-0.25, -0.2) is 12.8 Å². The van der Waals surface area contributed by atoms with Crippen LogP contribution < -0.4 is 5.32 Å². The maximum atomic E-state index is 14.6. The van der Waals surface area contributed by atoms with Crippen LogP contribution in [0.3, 0.4) is 0 Å². The number of hydrogen-bond donors (Lipinski definition) is 1. The largest absolute Gasteiger partial charge is 0.322 e. The van der Waals surface area contributed by atoms with Gasteiger partial charge in [0.1, 0.15) is 5.82 Å². The SMILES string of the molecule is CS(=O)(=O)c1ccc(C(=O)Nc2cccc(-c3ccccn3)c2)c(-c2cc(Cl)ccc2F)c1. The van der Waals surface area contributed by atoms with E-state index in [2.05, 4.69) is 10.3 Å². The number of aromatic nitrogens is 1. The molecule has 0 saturated heterocycles. The minimum atomic E-state index is -3.59. The number of benzene rings is 3. The molecule has 0 atom stereocenters. The van der Waals surface area contributed by atoms with Gasteiger partial charge in [0.05, 0.1) is 10.6 Å². The van der Waals surface area contributed by atoms with Crippen molar-refractivity contribution in [3.63, 3.8) is 0 Å². The molecule has 0 aliphatic heterocycles. The fourth-order valence-electron chi connectivity index (χ4n) is 3.37. The normalized spacial score (nSPS) is 11.2. The molecule has 5 nitrogen and oxygen atoms in total. The highest BCUT2D eigenvalue weighted by molar-refractivity contribution is 7.90. The summed E-state index contributed by atoms with van der Waals surface area (Å²) in [6.45, 7) is 0. The molecule has 1 aromatic heterocycles. The van der Waals surface area contributed by atoms with E-state index in [0.717, 1.165) is 17.5 Å². The second kappa shape index (κ2) is 9.13. The lowest BCUT2D eigenvalue weighted by Gasteiger charge is -2.14. The van der Waals surface area contributed by atoms with E-state index in [0.29, 0.717) is 5.69 Å². The van der Waals surface area contributed by atoms with Gasteiger partial charge in [-0.3, -0.25) is 9.78 Å². The molecule has 3 aromatic carbocycles. The monoisotopic (exact) mass is 480 g/mol. The molecule has 33 heavy (non-hydrogen) atoms. The number of nitrogens with zero attached hydrogens (tertiary/aromatic N) is 1. The van der Waals surface area contributed by atoms with Gasteiger partial charge < -0.3 is 5.32 Å². The third kappa shape index (κ3) is 5.10. The minimum Gasteiger partial charge on any atom is -0.322 e. The molecule has 0 unspecified atom stereocenters. The lowest BCUT2D eigenvalue weighted by molar-refractivity contribution is 0.102. The average molecular weight is 481 g/mol. The van der Waals surface area contributed by atoms with Gasteiger partial charge in [-0.2, -0.15) is 0 Å². The van der Waals surface area contributed by atoms with Crippen LogP contribution in [0.25, 0.3) is 22.4 Å². The maximum Gasteiger partial charge on any atom is 0.256 e. The minimum absolute atomic E-state index is 0.0281. The number of rotatable bonds is 5. The van der Waals surface area contributed by atoms with Gasteiger partial charge in [0, 0.05) is 39.9 Å². The van der Waals surface area contributed by atoms with Gasteiger partial charge in [0.2, 0.25) is 0 Å². The topological polar surface area (TPSA) is 76.1 Å². The first-order valence-electron chi connectivity index (χ1n) is 9.85. The summed E-state index contributed by atoms with van der Waals surface area (Å²) in [7, 11) is -3.59. The first kappa shape index (κ1) is 22.6. The van der Waals surface area contributed by atoms with E-state index in [9.17, 15) is 17.6 Å². The highest BCUT2D eigenvalue weighted by Crippen LogP contribution is 2.32. The summed E-state index contributed by atoms with van der Waals surface area (Å²) in [6.07, 6.45) is 2.72. The Morgan fingerprint density at radius 2 is 1.76 bits per heavy atom. The van der Waals surface area contributed by atoms with Crippen molar-refractivity contribution >= 4 is 33.0 Å². The zero-order valence-electron chi connectivity index (χ0n) is 17.4. The summed E-state index contributed by atoms with van der Waals surface area (Å²) < 4.78 is 38.8. The van der Waals surface area contributed by atoms with E-state index in [1.165, 1.54) is 36.4 Å². The Balaban J connectivity index is 1.76. The smallest absolute Gasteiger partial charge is 0.256 e. The van der Waals surface area contributed by atoms with Crippen LogP contribution in [0.4, 0.5) is 10.1 Å². The van der Waals surface area contributed by atoms with Crippen LogP contribution in [-0.2, 0) is 9.84 Å². The summed E-state index contributed by atoms with van der Waals surface area (Å²) in [5, 5.41) is 3.05. The van der Waals surface area contributed by atoms with Gasteiger partial charge >= 0.3 is 0 Å². The van der Waals surface area contributed by atoms with Gasteiger partial charge in [-0.05, 0) is 66.2 Å². The second-order valence-corrected chi connectivity index (χ2v) is 9.81. The number of carbonyl (C=O) groups is 1. The van der Waals surface area contributed by atoms with Crippen molar-refractivity contribution in [3.8, 4) is 22.4 Å². The molecule has 166 valence electrons. The van der Waals surface area contributed by atoms with Gasteiger partial charge in [0.25, 0.3) is 5.91 Å². The zero-order chi connectivity index (χ0) is 23.6. The number of carbonyl (C=O) groups excluding carboxylic acids is 1. The number of anilines is 1. The molecule has 0 saturated carbocycles. The maximum absolute atomic E-state index is 14.6. The van der Waals surface area contributed by atoms with Crippen molar-refractivity contribution in [1.82, 2.24) is 4.98 Å². The Hall–Kier alpha value is -3.55. The van der Waals surface area contributed by atoms with Crippen LogP contribution in [0.5, 0.6) is 0 Å². The molecule has 8 heteroatoms. The number of amides is 1. The summed E-state index contributed by atoms with van der Waals surface area (Å²) in [6, 6.07) is 20.5. The number of halogens is 2. The van der Waals surface area contributed by atoms with Crippen molar-refractivity contribution in [2.75, 3.05) is 11.6 Å². The van der Waals surface area contributed by atoms with Crippen molar-refractivity contribution in [1.29, 1.82) is 0 Å².